The molecule has 1 aromatic carbocycles. The number of hydrogen-bond acceptors (Lipinski definition) is 2. The molecule has 1 aliphatic carbocycles. The van der Waals surface area contributed by atoms with E-state index in [1.165, 1.54) is 12.8 Å². The third kappa shape index (κ3) is 4.10. The maximum absolute atomic E-state index is 13.6. The second-order valence-corrected chi connectivity index (χ2v) is 5.06. The summed E-state index contributed by atoms with van der Waals surface area (Å²) >= 11 is 0. The fourth-order valence-corrected chi connectivity index (χ4v) is 1.78. The average molecular weight is 236 g/mol. The Hall–Kier alpha value is -0.930. The third-order valence-corrected chi connectivity index (χ3v) is 3.14. The molecule has 94 valence electrons. The fourth-order valence-electron chi connectivity index (χ4n) is 1.78. The second-order valence-electron chi connectivity index (χ2n) is 5.06. The van der Waals surface area contributed by atoms with Crippen LogP contribution in [0, 0.1) is 12.7 Å². The second kappa shape index (κ2) is 5.61. The van der Waals surface area contributed by atoms with Gasteiger partial charge in [0.1, 0.15) is 5.82 Å². The molecule has 0 saturated heterocycles. The van der Waals surface area contributed by atoms with Gasteiger partial charge in [0.15, 0.2) is 0 Å². The van der Waals surface area contributed by atoms with Crippen molar-refractivity contribution in [3.63, 3.8) is 0 Å². The summed E-state index contributed by atoms with van der Waals surface area (Å²) in [5, 5.41) is 6.80. The average Bonchev–Trinajstić information content (AvgIpc) is 3.09. The lowest BCUT2D eigenvalue weighted by atomic mass is 10.1. The monoisotopic (exact) mass is 236 g/mol. The van der Waals surface area contributed by atoms with Gasteiger partial charge in [0.05, 0.1) is 0 Å². The Morgan fingerprint density at radius 2 is 2.18 bits per heavy atom. The molecule has 1 unspecified atom stereocenters. The first-order chi connectivity index (χ1) is 8.15. The molecular formula is C14H21FN2. The Labute approximate surface area is 103 Å². The first kappa shape index (κ1) is 12.5. The van der Waals surface area contributed by atoms with Crippen LogP contribution < -0.4 is 10.6 Å². The number of aryl methyl sites for hydroxylation is 1. The van der Waals surface area contributed by atoms with E-state index in [0.717, 1.165) is 23.7 Å². The SMILES string of the molecule is Cc1ccc(CNC(C)CNC2CC2)c(F)c1. The Kier molecular flexibility index (Phi) is 4.13. The van der Waals surface area contributed by atoms with Gasteiger partial charge in [-0.2, -0.15) is 0 Å². The van der Waals surface area contributed by atoms with E-state index >= 15 is 0 Å². The van der Waals surface area contributed by atoms with E-state index in [2.05, 4.69) is 17.6 Å². The minimum absolute atomic E-state index is 0.111. The third-order valence-electron chi connectivity index (χ3n) is 3.14. The summed E-state index contributed by atoms with van der Waals surface area (Å²) in [6, 6.07) is 6.50. The zero-order valence-electron chi connectivity index (χ0n) is 10.6. The minimum atomic E-state index is -0.111. The molecule has 1 aliphatic rings. The molecule has 17 heavy (non-hydrogen) atoms. The molecule has 0 aromatic heterocycles. The maximum atomic E-state index is 13.6. The van der Waals surface area contributed by atoms with E-state index in [1.54, 1.807) is 6.07 Å². The highest BCUT2D eigenvalue weighted by molar-refractivity contribution is 5.23. The first-order valence-electron chi connectivity index (χ1n) is 6.37. The van der Waals surface area contributed by atoms with Crippen molar-refractivity contribution in [2.45, 2.75) is 45.3 Å². The van der Waals surface area contributed by atoms with E-state index in [1.807, 2.05) is 19.1 Å². The van der Waals surface area contributed by atoms with Crippen LogP contribution in [0.1, 0.15) is 30.9 Å². The molecule has 0 spiro atoms. The highest BCUT2D eigenvalue weighted by Crippen LogP contribution is 2.18. The van der Waals surface area contributed by atoms with Crippen molar-refractivity contribution in [2.75, 3.05) is 6.54 Å². The van der Waals surface area contributed by atoms with Gasteiger partial charge in [0, 0.05) is 30.7 Å². The van der Waals surface area contributed by atoms with Crippen LogP contribution in [0.5, 0.6) is 0 Å². The van der Waals surface area contributed by atoms with Crippen LogP contribution in [0.15, 0.2) is 18.2 Å². The molecule has 1 saturated carbocycles. The van der Waals surface area contributed by atoms with E-state index in [0.29, 0.717) is 12.6 Å². The number of rotatable bonds is 6. The Morgan fingerprint density at radius 3 is 2.82 bits per heavy atom. The zero-order valence-corrected chi connectivity index (χ0v) is 10.6. The molecular weight excluding hydrogens is 215 g/mol. The van der Waals surface area contributed by atoms with E-state index in [4.69, 9.17) is 0 Å². The van der Waals surface area contributed by atoms with Crippen molar-refractivity contribution in [1.29, 1.82) is 0 Å². The normalized spacial score (nSPS) is 17.1. The summed E-state index contributed by atoms with van der Waals surface area (Å²) in [6.07, 6.45) is 2.61. The summed E-state index contributed by atoms with van der Waals surface area (Å²) < 4.78 is 13.6. The standard InChI is InChI=1S/C14H21FN2/c1-10-3-4-12(14(15)7-10)9-16-11(2)8-17-13-5-6-13/h3-4,7,11,13,16-17H,5-6,8-9H2,1-2H3. The van der Waals surface area contributed by atoms with Crippen LogP contribution in [0.25, 0.3) is 0 Å². The van der Waals surface area contributed by atoms with Gasteiger partial charge < -0.3 is 10.6 Å². The predicted octanol–water partition coefficient (Wildman–Crippen LogP) is 2.36. The minimum Gasteiger partial charge on any atom is -0.312 e. The van der Waals surface area contributed by atoms with Gasteiger partial charge in [-0.15, -0.1) is 0 Å². The van der Waals surface area contributed by atoms with Crippen LogP contribution in [0.2, 0.25) is 0 Å². The number of nitrogens with one attached hydrogen (secondary N) is 2. The summed E-state index contributed by atoms with van der Waals surface area (Å²) in [4.78, 5) is 0. The lowest BCUT2D eigenvalue weighted by Gasteiger charge is -2.15. The summed E-state index contributed by atoms with van der Waals surface area (Å²) in [5.41, 5.74) is 1.71. The quantitative estimate of drug-likeness (QED) is 0.792. The van der Waals surface area contributed by atoms with Crippen LogP contribution in [-0.2, 0) is 6.54 Å². The highest BCUT2D eigenvalue weighted by Gasteiger charge is 2.20. The van der Waals surface area contributed by atoms with Gasteiger partial charge in [0.2, 0.25) is 0 Å². The number of halogens is 1. The molecule has 2 N–H and O–H groups in total. The van der Waals surface area contributed by atoms with E-state index in [-0.39, 0.29) is 5.82 Å². The Morgan fingerprint density at radius 1 is 1.41 bits per heavy atom. The lowest BCUT2D eigenvalue weighted by molar-refractivity contribution is 0.490. The topological polar surface area (TPSA) is 24.1 Å². The number of hydrogen-bond donors (Lipinski definition) is 2. The van der Waals surface area contributed by atoms with Gasteiger partial charge in [-0.3, -0.25) is 0 Å². The smallest absolute Gasteiger partial charge is 0.127 e. The van der Waals surface area contributed by atoms with Crippen LogP contribution >= 0.6 is 0 Å². The molecule has 2 nitrogen and oxygen atoms in total. The van der Waals surface area contributed by atoms with Crippen molar-refractivity contribution >= 4 is 0 Å². The van der Waals surface area contributed by atoms with E-state index < -0.39 is 0 Å². The Bertz CT molecular complexity index is 374. The van der Waals surface area contributed by atoms with Crippen molar-refractivity contribution < 1.29 is 4.39 Å². The predicted molar refractivity (Wildman–Crippen MR) is 68.5 cm³/mol. The summed E-state index contributed by atoms with van der Waals surface area (Å²) in [7, 11) is 0. The molecule has 1 aromatic rings. The van der Waals surface area contributed by atoms with Crippen LogP contribution in [-0.4, -0.2) is 18.6 Å². The largest absolute Gasteiger partial charge is 0.312 e. The van der Waals surface area contributed by atoms with Gasteiger partial charge >= 0.3 is 0 Å². The molecule has 2 rings (SSSR count). The molecule has 3 heteroatoms. The van der Waals surface area contributed by atoms with Crippen molar-refractivity contribution in [3.05, 3.63) is 35.1 Å². The molecule has 0 heterocycles. The van der Waals surface area contributed by atoms with Crippen molar-refractivity contribution in [2.24, 2.45) is 0 Å². The van der Waals surface area contributed by atoms with Crippen LogP contribution in [0.4, 0.5) is 4.39 Å². The molecule has 0 radical (unpaired) electrons. The highest BCUT2D eigenvalue weighted by atomic mass is 19.1. The van der Waals surface area contributed by atoms with Gasteiger partial charge in [0.25, 0.3) is 0 Å². The molecule has 1 atom stereocenters. The summed E-state index contributed by atoms with van der Waals surface area (Å²) in [6.45, 7) is 5.59. The molecule has 0 aliphatic heterocycles. The van der Waals surface area contributed by atoms with Crippen molar-refractivity contribution in [3.8, 4) is 0 Å². The van der Waals surface area contributed by atoms with Gasteiger partial charge in [-0.25, -0.2) is 4.39 Å². The lowest BCUT2D eigenvalue weighted by Crippen LogP contribution is -2.36. The van der Waals surface area contributed by atoms with Gasteiger partial charge in [-0.1, -0.05) is 12.1 Å². The zero-order chi connectivity index (χ0) is 12.3. The summed E-state index contributed by atoms with van der Waals surface area (Å²) in [5.74, 6) is -0.111. The van der Waals surface area contributed by atoms with Crippen molar-refractivity contribution in [1.82, 2.24) is 10.6 Å². The first-order valence-corrected chi connectivity index (χ1v) is 6.37. The van der Waals surface area contributed by atoms with Crippen LogP contribution in [0.3, 0.4) is 0 Å². The molecule has 1 fully saturated rings. The van der Waals surface area contributed by atoms with Gasteiger partial charge in [-0.05, 0) is 38.3 Å². The fraction of sp³-hybridized carbons (Fsp3) is 0.571. The van der Waals surface area contributed by atoms with E-state index in [9.17, 15) is 4.39 Å². The molecule has 0 bridgehead atoms. The number of benzene rings is 1. The molecule has 0 amide bonds. The Balaban J connectivity index is 1.75. The maximum Gasteiger partial charge on any atom is 0.127 e.